The highest BCUT2D eigenvalue weighted by molar-refractivity contribution is 7.13. The molecule has 6 heteroatoms. The van der Waals surface area contributed by atoms with E-state index in [1.165, 1.54) is 0 Å². The summed E-state index contributed by atoms with van der Waals surface area (Å²) in [5.41, 5.74) is 0. The van der Waals surface area contributed by atoms with Crippen LogP contribution >= 0.6 is 11.3 Å². The van der Waals surface area contributed by atoms with E-state index in [0.717, 1.165) is 37.9 Å². The van der Waals surface area contributed by atoms with Gasteiger partial charge in [0.1, 0.15) is 0 Å². The first-order chi connectivity index (χ1) is 8.31. The molecule has 0 saturated carbocycles. The van der Waals surface area contributed by atoms with Gasteiger partial charge in [-0.1, -0.05) is 6.92 Å². The molecule has 2 rings (SSSR count). The smallest absolute Gasteiger partial charge is 0.236 e. The zero-order valence-corrected chi connectivity index (χ0v) is 10.9. The number of thiazole rings is 1. The number of piperazine rings is 1. The van der Waals surface area contributed by atoms with Gasteiger partial charge < -0.3 is 15.1 Å². The summed E-state index contributed by atoms with van der Waals surface area (Å²) in [4.78, 5) is 20.2. The van der Waals surface area contributed by atoms with Crippen LogP contribution in [0.3, 0.4) is 0 Å². The molecule has 1 N–H and O–H groups in total. The molecule has 1 fully saturated rings. The van der Waals surface area contributed by atoms with E-state index in [0.29, 0.717) is 6.54 Å². The Hall–Kier alpha value is -1.14. The zero-order chi connectivity index (χ0) is 12.1. The molecule has 0 radical (unpaired) electrons. The van der Waals surface area contributed by atoms with Crippen molar-refractivity contribution in [2.24, 2.45) is 0 Å². The Morgan fingerprint density at radius 2 is 2.24 bits per heavy atom. The number of nitrogens with one attached hydrogen (secondary N) is 1. The topological polar surface area (TPSA) is 48.5 Å². The van der Waals surface area contributed by atoms with Crippen LogP contribution < -0.4 is 10.2 Å². The molecule has 0 aliphatic carbocycles. The van der Waals surface area contributed by atoms with Crippen molar-refractivity contribution in [3.05, 3.63) is 11.6 Å². The molecule has 0 spiro atoms. The number of amides is 1. The summed E-state index contributed by atoms with van der Waals surface area (Å²) in [5.74, 6) is 0.200. The second kappa shape index (κ2) is 5.97. The summed E-state index contributed by atoms with van der Waals surface area (Å²) in [6.07, 6.45) is 1.82. The highest BCUT2D eigenvalue weighted by Crippen LogP contribution is 2.18. The number of likely N-dealkylation sites (N-methyl/N-ethyl adjacent to an activating group) is 1. The Morgan fingerprint density at radius 3 is 2.82 bits per heavy atom. The van der Waals surface area contributed by atoms with Gasteiger partial charge in [0, 0.05) is 37.8 Å². The maximum Gasteiger partial charge on any atom is 0.236 e. The molecule has 0 aromatic carbocycles. The number of anilines is 1. The Kier molecular flexibility index (Phi) is 4.33. The third kappa shape index (κ3) is 3.17. The van der Waals surface area contributed by atoms with Crippen molar-refractivity contribution in [2.45, 2.75) is 6.92 Å². The van der Waals surface area contributed by atoms with Crippen LogP contribution in [-0.4, -0.2) is 55.1 Å². The van der Waals surface area contributed by atoms with Gasteiger partial charge in [0.05, 0.1) is 6.54 Å². The summed E-state index contributed by atoms with van der Waals surface area (Å²) in [6.45, 7) is 6.65. The summed E-state index contributed by atoms with van der Waals surface area (Å²) < 4.78 is 0. The van der Waals surface area contributed by atoms with Crippen LogP contribution in [0.4, 0.5) is 5.13 Å². The number of carbonyl (C=O) groups is 1. The van der Waals surface area contributed by atoms with E-state index >= 15 is 0 Å². The highest BCUT2D eigenvalue weighted by Gasteiger charge is 2.21. The van der Waals surface area contributed by atoms with E-state index in [1.807, 2.05) is 23.4 Å². The SMILES string of the molecule is CCNCC(=O)N1CCN(c2nccs2)CC1. The maximum atomic E-state index is 11.8. The number of hydrogen-bond donors (Lipinski definition) is 1. The fourth-order valence-corrected chi connectivity index (χ4v) is 2.56. The Balaban J connectivity index is 1.80. The van der Waals surface area contributed by atoms with Gasteiger partial charge in [0.25, 0.3) is 0 Å². The van der Waals surface area contributed by atoms with Crippen molar-refractivity contribution in [3.8, 4) is 0 Å². The Labute approximate surface area is 105 Å². The first-order valence-corrected chi connectivity index (χ1v) is 6.82. The van der Waals surface area contributed by atoms with Gasteiger partial charge in [0.15, 0.2) is 5.13 Å². The standard InChI is InChI=1S/C11H18N4OS/c1-2-12-9-10(16)14-4-6-15(7-5-14)11-13-3-8-17-11/h3,8,12H,2,4-7,9H2,1H3. The fraction of sp³-hybridized carbons (Fsp3) is 0.636. The van der Waals surface area contributed by atoms with Crippen molar-refractivity contribution in [1.29, 1.82) is 0 Å². The zero-order valence-electron chi connectivity index (χ0n) is 10.1. The highest BCUT2D eigenvalue weighted by atomic mass is 32.1. The van der Waals surface area contributed by atoms with E-state index < -0.39 is 0 Å². The molecule has 1 aliphatic rings. The Morgan fingerprint density at radius 1 is 1.47 bits per heavy atom. The third-order valence-corrected chi connectivity index (χ3v) is 3.68. The summed E-state index contributed by atoms with van der Waals surface area (Å²) in [6, 6.07) is 0. The van der Waals surface area contributed by atoms with Crippen molar-refractivity contribution >= 4 is 22.4 Å². The second-order valence-electron chi connectivity index (χ2n) is 3.96. The van der Waals surface area contributed by atoms with Crippen LogP contribution in [0.15, 0.2) is 11.6 Å². The summed E-state index contributed by atoms with van der Waals surface area (Å²) in [5, 5.41) is 6.11. The number of nitrogens with zero attached hydrogens (tertiary/aromatic N) is 3. The molecule has 0 unspecified atom stereocenters. The van der Waals surface area contributed by atoms with Gasteiger partial charge in [-0.25, -0.2) is 4.98 Å². The van der Waals surface area contributed by atoms with Gasteiger partial charge in [0.2, 0.25) is 5.91 Å². The minimum Gasteiger partial charge on any atom is -0.345 e. The minimum absolute atomic E-state index is 0.200. The molecule has 0 bridgehead atoms. The van der Waals surface area contributed by atoms with Gasteiger partial charge in [-0.2, -0.15) is 0 Å². The predicted octanol–water partition coefficient (Wildman–Crippen LogP) is 0.401. The molecule has 1 aromatic heterocycles. The first-order valence-electron chi connectivity index (χ1n) is 5.94. The molecule has 0 atom stereocenters. The number of aromatic nitrogens is 1. The number of hydrogen-bond acceptors (Lipinski definition) is 5. The Bertz CT molecular complexity index is 346. The van der Waals surface area contributed by atoms with Gasteiger partial charge in [-0.3, -0.25) is 4.79 Å². The van der Waals surface area contributed by atoms with Crippen LogP contribution in [0.1, 0.15) is 6.92 Å². The molecule has 1 amide bonds. The molecule has 2 heterocycles. The minimum atomic E-state index is 0.200. The molecule has 94 valence electrons. The van der Waals surface area contributed by atoms with E-state index in [1.54, 1.807) is 11.3 Å². The lowest BCUT2D eigenvalue weighted by atomic mass is 10.3. The molecule has 1 aliphatic heterocycles. The van der Waals surface area contributed by atoms with Crippen LogP contribution in [0.25, 0.3) is 0 Å². The lowest BCUT2D eigenvalue weighted by Crippen LogP contribution is -2.50. The van der Waals surface area contributed by atoms with Gasteiger partial charge >= 0.3 is 0 Å². The normalized spacial score (nSPS) is 16.3. The van der Waals surface area contributed by atoms with E-state index in [2.05, 4.69) is 15.2 Å². The van der Waals surface area contributed by atoms with E-state index in [-0.39, 0.29) is 5.91 Å². The van der Waals surface area contributed by atoms with Crippen molar-refractivity contribution < 1.29 is 4.79 Å². The summed E-state index contributed by atoms with van der Waals surface area (Å²) >= 11 is 1.65. The largest absolute Gasteiger partial charge is 0.345 e. The first kappa shape index (κ1) is 12.3. The van der Waals surface area contributed by atoms with Crippen LogP contribution in [0.2, 0.25) is 0 Å². The molecular formula is C11H18N4OS. The number of rotatable bonds is 4. The number of carbonyl (C=O) groups excluding carboxylic acids is 1. The van der Waals surface area contributed by atoms with Gasteiger partial charge in [-0.05, 0) is 6.54 Å². The van der Waals surface area contributed by atoms with E-state index in [9.17, 15) is 4.79 Å². The molecular weight excluding hydrogens is 236 g/mol. The van der Waals surface area contributed by atoms with Crippen molar-refractivity contribution in [1.82, 2.24) is 15.2 Å². The molecule has 1 saturated heterocycles. The van der Waals surface area contributed by atoms with Crippen LogP contribution in [0.5, 0.6) is 0 Å². The quantitative estimate of drug-likeness (QED) is 0.845. The van der Waals surface area contributed by atoms with Gasteiger partial charge in [-0.15, -0.1) is 11.3 Å². The van der Waals surface area contributed by atoms with E-state index in [4.69, 9.17) is 0 Å². The maximum absolute atomic E-state index is 11.8. The lowest BCUT2D eigenvalue weighted by molar-refractivity contribution is -0.130. The summed E-state index contributed by atoms with van der Waals surface area (Å²) in [7, 11) is 0. The molecule has 17 heavy (non-hydrogen) atoms. The van der Waals surface area contributed by atoms with Crippen molar-refractivity contribution in [2.75, 3.05) is 44.2 Å². The third-order valence-electron chi connectivity index (χ3n) is 2.85. The van der Waals surface area contributed by atoms with Crippen molar-refractivity contribution in [3.63, 3.8) is 0 Å². The fourth-order valence-electron chi connectivity index (χ4n) is 1.86. The molecule has 1 aromatic rings. The monoisotopic (exact) mass is 254 g/mol. The molecule has 5 nitrogen and oxygen atoms in total. The average molecular weight is 254 g/mol. The predicted molar refractivity (Wildman–Crippen MR) is 69.5 cm³/mol. The second-order valence-corrected chi connectivity index (χ2v) is 4.84. The van der Waals surface area contributed by atoms with Crippen LogP contribution in [-0.2, 0) is 4.79 Å². The van der Waals surface area contributed by atoms with Crippen LogP contribution in [0, 0.1) is 0 Å². The average Bonchev–Trinajstić information content (AvgIpc) is 2.90. The lowest BCUT2D eigenvalue weighted by Gasteiger charge is -2.34.